The molecular formula is C12H22N4O2S. The molecule has 6 nitrogen and oxygen atoms in total. The number of hydrogen-bond donors (Lipinski definition) is 1. The molecule has 1 atom stereocenters. The lowest BCUT2D eigenvalue weighted by molar-refractivity contribution is 0.261. The number of rotatable bonds is 5. The summed E-state index contributed by atoms with van der Waals surface area (Å²) in [5.41, 5.74) is 1.15. The number of sulfonamides is 1. The lowest BCUT2D eigenvalue weighted by Crippen LogP contribution is -2.42. The molecule has 1 aromatic rings. The van der Waals surface area contributed by atoms with Crippen LogP contribution in [-0.2, 0) is 23.6 Å². The normalized spacial score (nSPS) is 21.7. The molecule has 1 saturated heterocycles. The molecule has 0 aliphatic carbocycles. The van der Waals surface area contributed by atoms with Gasteiger partial charge >= 0.3 is 0 Å². The van der Waals surface area contributed by atoms with E-state index < -0.39 is 10.0 Å². The van der Waals surface area contributed by atoms with Gasteiger partial charge in [0, 0.05) is 38.4 Å². The van der Waals surface area contributed by atoms with E-state index in [2.05, 4.69) is 10.4 Å². The summed E-state index contributed by atoms with van der Waals surface area (Å²) in [6, 6.07) is 0. The summed E-state index contributed by atoms with van der Waals surface area (Å²) >= 11 is 0. The Hall–Kier alpha value is -0.920. The molecule has 0 spiro atoms. The molecule has 1 aromatic heterocycles. The van der Waals surface area contributed by atoms with Gasteiger partial charge in [0.1, 0.15) is 0 Å². The van der Waals surface area contributed by atoms with Crippen LogP contribution in [0.25, 0.3) is 0 Å². The second-order valence-electron chi connectivity index (χ2n) is 5.28. The van der Waals surface area contributed by atoms with Gasteiger partial charge in [-0.15, -0.1) is 0 Å². The predicted octanol–water partition coefficient (Wildman–Crippen LogP) is 0.181. The zero-order chi connectivity index (χ0) is 13.9. The van der Waals surface area contributed by atoms with Gasteiger partial charge in [-0.1, -0.05) is 0 Å². The molecule has 0 amide bonds. The van der Waals surface area contributed by atoms with Crippen LogP contribution in [0.5, 0.6) is 0 Å². The van der Waals surface area contributed by atoms with E-state index >= 15 is 0 Å². The Morgan fingerprint density at radius 1 is 1.53 bits per heavy atom. The third kappa shape index (κ3) is 4.29. The minimum absolute atomic E-state index is 0.403. The average Bonchev–Trinajstić information content (AvgIpc) is 2.74. The summed E-state index contributed by atoms with van der Waals surface area (Å²) < 4.78 is 26.4. The highest BCUT2D eigenvalue weighted by Crippen LogP contribution is 2.18. The van der Waals surface area contributed by atoms with Crippen molar-refractivity contribution in [2.75, 3.05) is 25.9 Å². The van der Waals surface area contributed by atoms with Crippen LogP contribution in [0, 0.1) is 5.92 Å². The number of hydrogen-bond acceptors (Lipinski definition) is 4. The van der Waals surface area contributed by atoms with Gasteiger partial charge in [-0.05, 0) is 25.3 Å². The minimum atomic E-state index is -3.04. The van der Waals surface area contributed by atoms with Crippen molar-refractivity contribution in [1.82, 2.24) is 19.4 Å². The fraction of sp³-hybridized carbons (Fsp3) is 0.750. The third-order valence-corrected chi connectivity index (χ3v) is 4.74. The zero-order valence-electron chi connectivity index (χ0n) is 11.5. The van der Waals surface area contributed by atoms with Gasteiger partial charge in [0.25, 0.3) is 0 Å². The first-order valence-electron chi connectivity index (χ1n) is 6.58. The van der Waals surface area contributed by atoms with Crippen molar-refractivity contribution in [2.24, 2.45) is 13.0 Å². The van der Waals surface area contributed by atoms with Crippen molar-refractivity contribution in [3.8, 4) is 0 Å². The molecule has 108 valence electrons. The van der Waals surface area contributed by atoms with Gasteiger partial charge < -0.3 is 5.32 Å². The van der Waals surface area contributed by atoms with Crippen LogP contribution in [-0.4, -0.2) is 48.4 Å². The SMILES string of the molecule is Cn1cc(CNCC2CCCN(S(C)(=O)=O)C2)cn1. The molecular weight excluding hydrogens is 264 g/mol. The van der Waals surface area contributed by atoms with Crippen LogP contribution < -0.4 is 5.32 Å². The number of nitrogens with one attached hydrogen (secondary N) is 1. The topological polar surface area (TPSA) is 67.2 Å². The Labute approximate surface area is 114 Å². The smallest absolute Gasteiger partial charge is 0.211 e. The highest BCUT2D eigenvalue weighted by Gasteiger charge is 2.25. The summed E-state index contributed by atoms with van der Waals surface area (Å²) in [6.07, 6.45) is 7.16. The van der Waals surface area contributed by atoms with Crippen LogP contribution in [0.2, 0.25) is 0 Å². The molecule has 2 heterocycles. The second kappa shape index (κ2) is 6.02. The van der Waals surface area contributed by atoms with Gasteiger partial charge in [0.05, 0.1) is 12.5 Å². The maximum absolute atomic E-state index is 11.5. The van der Waals surface area contributed by atoms with E-state index in [0.717, 1.165) is 31.5 Å². The first-order chi connectivity index (χ1) is 8.95. The van der Waals surface area contributed by atoms with Crippen LogP contribution in [0.1, 0.15) is 18.4 Å². The molecule has 19 heavy (non-hydrogen) atoms. The monoisotopic (exact) mass is 286 g/mol. The molecule has 0 saturated carbocycles. The van der Waals surface area contributed by atoms with E-state index in [1.54, 1.807) is 8.99 Å². The molecule has 2 rings (SSSR count). The van der Waals surface area contributed by atoms with Crippen LogP contribution in [0.4, 0.5) is 0 Å². The van der Waals surface area contributed by atoms with Gasteiger partial charge in [-0.2, -0.15) is 5.10 Å². The van der Waals surface area contributed by atoms with E-state index in [1.165, 1.54) is 6.26 Å². The highest BCUT2D eigenvalue weighted by atomic mass is 32.2. The first-order valence-corrected chi connectivity index (χ1v) is 8.43. The average molecular weight is 286 g/mol. The van der Waals surface area contributed by atoms with Crippen LogP contribution in [0.3, 0.4) is 0 Å². The first kappa shape index (κ1) is 14.5. The minimum Gasteiger partial charge on any atom is -0.312 e. The van der Waals surface area contributed by atoms with Crippen molar-refractivity contribution >= 4 is 10.0 Å². The van der Waals surface area contributed by atoms with E-state index in [-0.39, 0.29) is 0 Å². The number of aromatic nitrogens is 2. The standard InChI is InChI=1S/C12H22N4O2S/c1-15-9-12(8-14-15)7-13-6-11-4-3-5-16(10-11)19(2,17)18/h8-9,11,13H,3-7,10H2,1-2H3. The quantitative estimate of drug-likeness (QED) is 0.838. The van der Waals surface area contributed by atoms with Gasteiger partial charge in [0.15, 0.2) is 0 Å². The fourth-order valence-corrected chi connectivity index (χ4v) is 3.42. The molecule has 7 heteroatoms. The second-order valence-corrected chi connectivity index (χ2v) is 7.26. The summed E-state index contributed by atoms with van der Waals surface area (Å²) in [7, 11) is -1.14. The van der Waals surface area contributed by atoms with Crippen LogP contribution in [0.15, 0.2) is 12.4 Å². The van der Waals surface area contributed by atoms with E-state index in [9.17, 15) is 8.42 Å². The van der Waals surface area contributed by atoms with Crippen molar-refractivity contribution < 1.29 is 8.42 Å². The molecule has 1 unspecified atom stereocenters. The van der Waals surface area contributed by atoms with E-state index in [0.29, 0.717) is 19.0 Å². The van der Waals surface area contributed by atoms with Crippen LogP contribution >= 0.6 is 0 Å². The zero-order valence-corrected chi connectivity index (χ0v) is 12.4. The number of aryl methyl sites for hydroxylation is 1. The molecule has 0 radical (unpaired) electrons. The maximum Gasteiger partial charge on any atom is 0.211 e. The Balaban J connectivity index is 1.77. The lowest BCUT2D eigenvalue weighted by atomic mass is 10.00. The van der Waals surface area contributed by atoms with E-state index in [1.807, 2.05) is 19.4 Å². The van der Waals surface area contributed by atoms with Gasteiger partial charge in [-0.3, -0.25) is 4.68 Å². The summed E-state index contributed by atoms with van der Waals surface area (Å²) in [5, 5.41) is 7.50. The fourth-order valence-electron chi connectivity index (χ4n) is 2.48. The van der Waals surface area contributed by atoms with Crippen molar-refractivity contribution in [2.45, 2.75) is 19.4 Å². The highest BCUT2D eigenvalue weighted by molar-refractivity contribution is 7.88. The summed E-state index contributed by atoms with van der Waals surface area (Å²) in [4.78, 5) is 0. The number of nitrogens with zero attached hydrogens (tertiary/aromatic N) is 3. The largest absolute Gasteiger partial charge is 0.312 e. The molecule has 1 fully saturated rings. The molecule has 1 aliphatic heterocycles. The Morgan fingerprint density at radius 3 is 2.95 bits per heavy atom. The molecule has 1 N–H and O–H groups in total. The van der Waals surface area contributed by atoms with Gasteiger partial charge in [-0.25, -0.2) is 12.7 Å². The third-order valence-electron chi connectivity index (χ3n) is 3.47. The Morgan fingerprint density at radius 2 is 2.32 bits per heavy atom. The summed E-state index contributed by atoms with van der Waals surface area (Å²) in [6.45, 7) is 2.93. The van der Waals surface area contributed by atoms with Crippen molar-refractivity contribution in [3.05, 3.63) is 18.0 Å². The van der Waals surface area contributed by atoms with Crippen molar-refractivity contribution in [3.63, 3.8) is 0 Å². The van der Waals surface area contributed by atoms with Gasteiger partial charge in [0.2, 0.25) is 10.0 Å². The van der Waals surface area contributed by atoms with Crippen molar-refractivity contribution in [1.29, 1.82) is 0 Å². The summed E-state index contributed by atoms with van der Waals surface area (Å²) in [5.74, 6) is 0.403. The maximum atomic E-state index is 11.5. The number of piperidine rings is 1. The molecule has 1 aliphatic rings. The molecule has 0 bridgehead atoms. The van der Waals surface area contributed by atoms with E-state index in [4.69, 9.17) is 0 Å². The Kier molecular flexibility index (Phi) is 4.59. The molecule has 0 aromatic carbocycles. The predicted molar refractivity (Wildman–Crippen MR) is 74.1 cm³/mol. The Bertz CT molecular complexity index is 512. The lowest BCUT2D eigenvalue weighted by Gasteiger charge is -2.31.